The molecule has 4 rings (SSSR count). The molecular weight excluding hydrogens is 460 g/mol. The highest BCUT2D eigenvalue weighted by molar-refractivity contribution is 7.89. The summed E-state index contributed by atoms with van der Waals surface area (Å²) < 4.78 is 43.0. The fourth-order valence-corrected chi connectivity index (χ4v) is 5.47. The number of para-hydroxylation sites is 1. The van der Waals surface area contributed by atoms with E-state index in [0.717, 1.165) is 11.1 Å². The molecule has 0 unspecified atom stereocenters. The van der Waals surface area contributed by atoms with Crippen LogP contribution in [0.25, 0.3) is 11.0 Å². The lowest BCUT2D eigenvalue weighted by Crippen LogP contribution is -2.38. The van der Waals surface area contributed by atoms with E-state index in [1.54, 1.807) is 31.4 Å². The van der Waals surface area contributed by atoms with E-state index in [1.165, 1.54) is 17.5 Å². The van der Waals surface area contributed by atoms with Crippen molar-refractivity contribution >= 4 is 26.9 Å². The summed E-state index contributed by atoms with van der Waals surface area (Å²) in [5, 5.41) is 3.24. The van der Waals surface area contributed by atoms with Gasteiger partial charge in [0.25, 0.3) is 5.91 Å². The normalized spacial score (nSPS) is 13.9. The van der Waals surface area contributed by atoms with Crippen molar-refractivity contribution in [3.8, 4) is 11.5 Å². The zero-order valence-electron chi connectivity index (χ0n) is 19.0. The van der Waals surface area contributed by atoms with Crippen LogP contribution in [0.5, 0.6) is 11.5 Å². The Kier molecular flexibility index (Phi) is 6.90. The highest BCUT2D eigenvalue weighted by atomic mass is 32.2. The summed E-state index contributed by atoms with van der Waals surface area (Å²) in [4.78, 5) is 24.5. The molecule has 0 saturated carbocycles. The van der Waals surface area contributed by atoms with Gasteiger partial charge < -0.3 is 19.2 Å². The Labute approximate surface area is 197 Å². The second-order valence-corrected chi connectivity index (χ2v) is 10.1. The van der Waals surface area contributed by atoms with Gasteiger partial charge in [0.2, 0.25) is 10.0 Å². The van der Waals surface area contributed by atoms with Gasteiger partial charge in [-0.2, -0.15) is 4.31 Å². The summed E-state index contributed by atoms with van der Waals surface area (Å²) >= 11 is 0. The van der Waals surface area contributed by atoms with Gasteiger partial charge in [-0.3, -0.25) is 4.79 Å². The molecule has 2 aromatic carbocycles. The number of hydrogen-bond acceptors (Lipinski definition) is 7. The molecule has 0 fully saturated rings. The number of carbonyl (C=O) groups is 1. The summed E-state index contributed by atoms with van der Waals surface area (Å²) in [5.74, 6) is 0.461. The van der Waals surface area contributed by atoms with E-state index in [4.69, 9.17) is 13.9 Å². The number of sulfonamides is 1. The lowest BCUT2D eigenvalue weighted by atomic mass is 10.0. The number of benzene rings is 2. The molecule has 0 atom stereocenters. The van der Waals surface area contributed by atoms with Crippen LogP contribution in [-0.2, 0) is 23.0 Å². The molecule has 0 spiro atoms. The standard InChI is InChI=1S/C24H26N2O7S/c1-31-21-13-16-8-10-26(15-18(16)14-22(21)32-2)34(29,30)11-5-9-25-23(27)19-12-17-6-3-4-7-20(17)33-24(19)28/h3-4,6-7,12-14H,5,8-11,15H2,1-2H3,(H,25,27). The zero-order chi connectivity index (χ0) is 24.3. The minimum absolute atomic E-state index is 0.111. The average molecular weight is 487 g/mol. The van der Waals surface area contributed by atoms with Gasteiger partial charge in [-0.1, -0.05) is 18.2 Å². The zero-order valence-corrected chi connectivity index (χ0v) is 19.8. The van der Waals surface area contributed by atoms with Gasteiger partial charge in [0.15, 0.2) is 11.5 Å². The van der Waals surface area contributed by atoms with Crippen LogP contribution in [0.1, 0.15) is 27.9 Å². The molecule has 1 amide bonds. The van der Waals surface area contributed by atoms with E-state index in [9.17, 15) is 18.0 Å². The summed E-state index contributed by atoms with van der Waals surface area (Å²) in [6, 6.07) is 12.1. The molecule has 10 heteroatoms. The summed E-state index contributed by atoms with van der Waals surface area (Å²) in [6.45, 7) is 0.734. The number of hydrogen-bond donors (Lipinski definition) is 1. The maximum absolute atomic E-state index is 12.9. The Hall–Kier alpha value is -3.37. The Morgan fingerprint density at radius 2 is 1.79 bits per heavy atom. The molecule has 180 valence electrons. The van der Waals surface area contributed by atoms with Crippen LogP contribution in [0.15, 0.2) is 51.7 Å². The lowest BCUT2D eigenvalue weighted by molar-refractivity contribution is 0.0950. The fourth-order valence-electron chi connectivity index (χ4n) is 4.00. The third-order valence-corrected chi connectivity index (χ3v) is 7.73. The Morgan fingerprint density at radius 3 is 2.53 bits per heavy atom. The van der Waals surface area contributed by atoms with Gasteiger partial charge in [-0.25, -0.2) is 13.2 Å². The number of methoxy groups -OCH3 is 2. The Bertz CT molecular complexity index is 1380. The molecule has 0 radical (unpaired) electrons. The van der Waals surface area contributed by atoms with E-state index >= 15 is 0 Å². The summed E-state index contributed by atoms with van der Waals surface area (Å²) in [5.41, 5.74) is 1.46. The predicted octanol–water partition coefficient (Wildman–Crippen LogP) is 2.32. The second-order valence-electron chi connectivity index (χ2n) is 7.97. The van der Waals surface area contributed by atoms with Crippen LogP contribution < -0.4 is 20.4 Å². The lowest BCUT2D eigenvalue weighted by Gasteiger charge is -2.29. The number of nitrogens with one attached hydrogen (secondary N) is 1. The highest BCUT2D eigenvalue weighted by Gasteiger charge is 2.27. The minimum atomic E-state index is -3.53. The number of nitrogens with zero attached hydrogens (tertiary/aromatic N) is 1. The van der Waals surface area contributed by atoms with Crippen LogP contribution in [0.4, 0.5) is 0 Å². The summed E-state index contributed by atoms with van der Waals surface area (Å²) in [6.07, 6.45) is 0.783. The number of fused-ring (bicyclic) bond motifs is 2. The van der Waals surface area contributed by atoms with Gasteiger partial charge in [0.05, 0.1) is 20.0 Å². The fraction of sp³-hybridized carbons (Fsp3) is 0.333. The van der Waals surface area contributed by atoms with E-state index in [1.807, 2.05) is 12.1 Å². The molecule has 1 aliphatic rings. The highest BCUT2D eigenvalue weighted by Crippen LogP contribution is 2.33. The number of amides is 1. The molecule has 0 saturated heterocycles. The molecule has 1 aromatic heterocycles. The third kappa shape index (κ3) is 4.92. The van der Waals surface area contributed by atoms with Crippen molar-refractivity contribution in [2.24, 2.45) is 0 Å². The van der Waals surface area contributed by atoms with Crippen LogP contribution in [0, 0.1) is 0 Å². The predicted molar refractivity (Wildman–Crippen MR) is 127 cm³/mol. The monoisotopic (exact) mass is 486 g/mol. The first-order chi connectivity index (χ1) is 16.3. The molecular formula is C24H26N2O7S. The van der Waals surface area contributed by atoms with Crippen molar-refractivity contribution < 1.29 is 27.1 Å². The van der Waals surface area contributed by atoms with Crippen molar-refractivity contribution in [2.45, 2.75) is 19.4 Å². The molecule has 34 heavy (non-hydrogen) atoms. The quantitative estimate of drug-likeness (QED) is 0.384. The van der Waals surface area contributed by atoms with Crippen molar-refractivity contribution in [2.75, 3.05) is 33.1 Å². The Balaban J connectivity index is 1.35. The molecule has 3 aromatic rings. The van der Waals surface area contributed by atoms with Crippen molar-refractivity contribution in [3.63, 3.8) is 0 Å². The van der Waals surface area contributed by atoms with E-state index in [2.05, 4.69) is 5.32 Å². The first-order valence-corrected chi connectivity index (χ1v) is 12.5. The second kappa shape index (κ2) is 9.86. The largest absolute Gasteiger partial charge is 0.493 e. The smallest absolute Gasteiger partial charge is 0.349 e. The van der Waals surface area contributed by atoms with Crippen molar-refractivity contribution in [1.29, 1.82) is 0 Å². The number of ether oxygens (including phenoxy) is 2. The SMILES string of the molecule is COc1cc2c(cc1OC)CN(S(=O)(=O)CCCNC(=O)c1cc3ccccc3oc1=O)CC2. The van der Waals surface area contributed by atoms with E-state index < -0.39 is 21.6 Å². The minimum Gasteiger partial charge on any atom is -0.493 e. The molecule has 0 bridgehead atoms. The van der Waals surface area contributed by atoms with Gasteiger partial charge in [-0.05, 0) is 48.2 Å². The molecule has 9 nitrogen and oxygen atoms in total. The van der Waals surface area contributed by atoms with E-state index in [0.29, 0.717) is 35.4 Å². The maximum atomic E-state index is 12.9. The number of carbonyl (C=O) groups excluding carboxylic acids is 1. The van der Waals surface area contributed by atoms with Crippen LogP contribution in [-0.4, -0.2) is 51.7 Å². The average Bonchev–Trinajstić information content (AvgIpc) is 2.84. The molecule has 2 heterocycles. The van der Waals surface area contributed by atoms with Crippen molar-refractivity contribution in [3.05, 3.63) is 69.6 Å². The van der Waals surface area contributed by atoms with Gasteiger partial charge in [0, 0.05) is 25.0 Å². The first-order valence-electron chi connectivity index (χ1n) is 10.8. The first kappa shape index (κ1) is 23.8. The van der Waals surface area contributed by atoms with Crippen LogP contribution in [0.2, 0.25) is 0 Å². The molecule has 1 N–H and O–H groups in total. The summed E-state index contributed by atoms with van der Waals surface area (Å²) in [7, 11) is -0.427. The van der Waals surface area contributed by atoms with Gasteiger partial charge >= 0.3 is 5.63 Å². The molecule has 0 aliphatic carbocycles. The third-order valence-electron chi connectivity index (χ3n) is 5.83. The van der Waals surface area contributed by atoms with Crippen LogP contribution >= 0.6 is 0 Å². The van der Waals surface area contributed by atoms with Crippen LogP contribution in [0.3, 0.4) is 0 Å². The topological polar surface area (TPSA) is 115 Å². The van der Waals surface area contributed by atoms with Crippen molar-refractivity contribution in [1.82, 2.24) is 9.62 Å². The number of rotatable bonds is 8. The van der Waals surface area contributed by atoms with Gasteiger partial charge in [-0.15, -0.1) is 0 Å². The van der Waals surface area contributed by atoms with E-state index in [-0.39, 0.29) is 30.8 Å². The van der Waals surface area contributed by atoms with Gasteiger partial charge in [0.1, 0.15) is 11.1 Å². The maximum Gasteiger partial charge on any atom is 0.349 e. The molecule has 1 aliphatic heterocycles. The Morgan fingerprint density at radius 1 is 1.09 bits per heavy atom.